The lowest BCUT2D eigenvalue weighted by molar-refractivity contribution is -0.123. The van der Waals surface area contributed by atoms with Crippen LogP contribution < -0.4 is 14.9 Å². The van der Waals surface area contributed by atoms with Crippen LogP contribution in [0.5, 0.6) is 11.5 Å². The smallest absolute Gasteiger partial charge is 0.277 e. The summed E-state index contributed by atoms with van der Waals surface area (Å²) in [6, 6.07) is 17.9. The second-order valence-electron chi connectivity index (χ2n) is 6.26. The van der Waals surface area contributed by atoms with Gasteiger partial charge < -0.3 is 9.47 Å². The highest BCUT2D eigenvalue weighted by atomic mass is 79.9. The quantitative estimate of drug-likeness (QED) is 0.238. The first kappa shape index (κ1) is 23.6. The molecule has 0 atom stereocenters. The van der Waals surface area contributed by atoms with Gasteiger partial charge in [0.05, 0.1) is 15.2 Å². The summed E-state index contributed by atoms with van der Waals surface area (Å²) in [5.74, 6) is 0.824. The lowest BCUT2D eigenvalue weighted by Gasteiger charge is -2.11. The molecule has 0 unspecified atom stereocenters. The second-order valence-corrected chi connectivity index (χ2v) is 8.85. The highest BCUT2D eigenvalue weighted by Gasteiger charge is 2.09. The molecule has 0 aromatic heterocycles. The summed E-state index contributed by atoms with van der Waals surface area (Å²) < 4.78 is 12.8. The summed E-state index contributed by atoms with van der Waals surface area (Å²) >= 11 is 18.7. The van der Waals surface area contributed by atoms with Crippen molar-refractivity contribution in [2.24, 2.45) is 5.10 Å². The molecule has 3 aromatic carbocycles. The molecule has 0 bridgehead atoms. The van der Waals surface area contributed by atoms with Crippen molar-refractivity contribution < 1.29 is 14.3 Å². The average molecular weight is 587 g/mol. The van der Waals surface area contributed by atoms with E-state index in [1.165, 1.54) is 6.21 Å². The van der Waals surface area contributed by atoms with Gasteiger partial charge in [0.2, 0.25) is 0 Å². The Hall–Kier alpha value is -2.06. The van der Waals surface area contributed by atoms with Crippen LogP contribution >= 0.6 is 55.1 Å². The normalized spacial score (nSPS) is 10.8. The maximum atomic E-state index is 11.9. The largest absolute Gasteiger partial charge is 0.487 e. The van der Waals surface area contributed by atoms with Crippen LogP contribution in [0.25, 0.3) is 0 Å². The molecule has 1 N–H and O–H groups in total. The Morgan fingerprint density at radius 1 is 0.935 bits per heavy atom. The van der Waals surface area contributed by atoms with E-state index in [1.54, 1.807) is 24.3 Å². The molecule has 0 spiro atoms. The van der Waals surface area contributed by atoms with E-state index < -0.39 is 0 Å². The number of rotatable bonds is 8. The van der Waals surface area contributed by atoms with Gasteiger partial charge in [-0.2, -0.15) is 5.10 Å². The minimum absolute atomic E-state index is 0.163. The van der Waals surface area contributed by atoms with Crippen LogP contribution in [0.15, 0.2) is 74.7 Å². The van der Waals surface area contributed by atoms with Crippen molar-refractivity contribution in [3.63, 3.8) is 0 Å². The Labute approximate surface area is 206 Å². The fraction of sp³-hybridized carbons (Fsp3) is 0.0909. The Kier molecular flexibility index (Phi) is 8.78. The van der Waals surface area contributed by atoms with Gasteiger partial charge in [0, 0.05) is 10.0 Å². The molecule has 5 nitrogen and oxygen atoms in total. The van der Waals surface area contributed by atoms with Gasteiger partial charge >= 0.3 is 0 Å². The fourth-order valence-corrected chi connectivity index (χ4v) is 4.12. The molecule has 3 aromatic rings. The molecule has 0 saturated heterocycles. The first-order valence-corrected chi connectivity index (χ1v) is 11.3. The van der Waals surface area contributed by atoms with Gasteiger partial charge in [-0.05, 0) is 91.5 Å². The Morgan fingerprint density at radius 2 is 1.52 bits per heavy atom. The third-order valence-corrected chi connectivity index (χ3v) is 5.59. The zero-order valence-corrected chi connectivity index (χ0v) is 20.6. The topological polar surface area (TPSA) is 59.9 Å². The number of ether oxygens (including phenoxy) is 2. The predicted molar refractivity (Wildman–Crippen MR) is 130 cm³/mol. The zero-order chi connectivity index (χ0) is 22.2. The first-order valence-electron chi connectivity index (χ1n) is 8.97. The third-order valence-electron chi connectivity index (χ3n) is 3.90. The van der Waals surface area contributed by atoms with E-state index in [0.29, 0.717) is 28.2 Å². The van der Waals surface area contributed by atoms with Gasteiger partial charge in [0.15, 0.2) is 6.61 Å². The molecule has 0 aliphatic heterocycles. The van der Waals surface area contributed by atoms with Crippen LogP contribution in [0.3, 0.4) is 0 Å². The van der Waals surface area contributed by atoms with E-state index in [1.807, 2.05) is 36.4 Å². The number of nitrogens with one attached hydrogen (secondary N) is 1. The molecule has 1 amide bonds. The molecule has 0 saturated carbocycles. The van der Waals surface area contributed by atoms with Crippen molar-refractivity contribution >= 4 is 67.2 Å². The fourth-order valence-electron chi connectivity index (χ4n) is 2.42. The maximum Gasteiger partial charge on any atom is 0.277 e. The van der Waals surface area contributed by atoms with Gasteiger partial charge in [-0.3, -0.25) is 4.79 Å². The molecule has 9 heteroatoms. The lowest BCUT2D eigenvalue weighted by Crippen LogP contribution is -2.24. The number of carbonyl (C=O) groups excluding carboxylic acids is 1. The van der Waals surface area contributed by atoms with Crippen LogP contribution in [-0.2, 0) is 11.4 Å². The third kappa shape index (κ3) is 7.54. The van der Waals surface area contributed by atoms with Crippen molar-refractivity contribution in [2.45, 2.75) is 6.61 Å². The molecule has 0 radical (unpaired) electrons. The molecular formula is C22H16Br2Cl2N2O3. The monoisotopic (exact) mass is 584 g/mol. The van der Waals surface area contributed by atoms with Crippen molar-refractivity contribution in [3.05, 3.63) is 90.8 Å². The van der Waals surface area contributed by atoms with Crippen molar-refractivity contribution in [1.29, 1.82) is 0 Å². The van der Waals surface area contributed by atoms with E-state index in [0.717, 1.165) is 20.1 Å². The van der Waals surface area contributed by atoms with E-state index in [4.69, 9.17) is 32.7 Å². The Bertz CT molecular complexity index is 1050. The number of carbonyl (C=O) groups is 1. The summed E-state index contributed by atoms with van der Waals surface area (Å²) in [6.45, 7) is 0.231. The molecule has 0 heterocycles. The van der Waals surface area contributed by atoms with Crippen LogP contribution in [0, 0.1) is 0 Å². The van der Waals surface area contributed by atoms with Gasteiger partial charge in [-0.15, -0.1) is 0 Å². The van der Waals surface area contributed by atoms with Gasteiger partial charge in [-0.1, -0.05) is 35.3 Å². The number of hydrogen-bond acceptors (Lipinski definition) is 4. The van der Waals surface area contributed by atoms with Crippen molar-refractivity contribution in [2.75, 3.05) is 6.61 Å². The number of hydrogen-bond donors (Lipinski definition) is 1. The minimum atomic E-state index is -0.382. The number of halogens is 4. The molecule has 160 valence electrons. The molecule has 0 fully saturated rings. The standard InChI is InChI=1S/C22H16Br2Cl2N2O3/c23-19-9-15(10-20(24)22(19)31-12-14-1-3-16(25)4-2-14)11-27-28-21(29)13-30-18-7-5-17(26)6-8-18/h1-11H,12-13H2,(H,28,29)/b27-11-. The van der Waals surface area contributed by atoms with Crippen molar-refractivity contribution in [3.8, 4) is 11.5 Å². The summed E-state index contributed by atoms with van der Waals surface area (Å²) in [7, 11) is 0. The SMILES string of the molecule is O=C(COc1ccc(Cl)cc1)N/N=C\c1cc(Br)c(OCc2ccc(Cl)cc2)c(Br)c1. The molecule has 0 aliphatic rings. The number of hydrazone groups is 1. The lowest BCUT2D eigenvalue weighted by atomic mass is 10.2. The van der Waals surface area contributed by atoms with E-state index in [9.17, 15) is 4.79 Å². The molecular weight excluding hydrogens is 571 g/mol. The number of amides is 1. The highest BCUT2D eigenvalue weighted by molar-refractivity contribution is 9.11. The first-order chi connectivity index (χ1) is 14.9. The van der Waals surface area contributed by atoms with E-state index in [2.05, 4.69) is 42.4 Å². The Balaban J connectivity index is 1.52. The van der Waals surface area contributed by atoms with Gasteiger partial charge in [0.1, 0.15) is 18.1 Å². The highest BCUT2D eigenvalue weighted by Crippen LogP contribution is 2.35. The summed E-state index contributed by atoms with van der Waals surface area (Å²) in [5.41, 5.74) is 4.18. The van der Waals surface area contributed by atoms with Crippen LogP contribution in [0.1, 0.15) is 11.1 Å². The summed E-state index contributed by atoms with van der Waals surface area (Å²) in [5, 5.41) is 5.24. The Morgan fingerprint density at radius 3 is 2.13 bits per heavy atom. The second kappa shape index (κ2) is 11.5. The number of nitrogens with zero attached hydrogens (tertiary/aromatic N) is 1. The van der Waals surface area contributed by atoms with Gasteiger partial charge in [-0.25, -0.2) is 5.43 Å². The zero-order valence-electron chi connectivity index (χ0n) is 15.9. The van der Waals surface area contributed by atoms with Crippen molar-refractivity contribution in [1.82, 2.24) is 5.43 Å². The predicted octanol–water partition coefficient (Wildman–Crippen LogP) is 6.63. The van der Waals surface area contributed by atoms with Crippen LogP contribution in [0.4, 0.5) is 0 Å². The minimum Gasteiger partial charge on any atom is -0.487 e. The summed E-state index contributed by atoms with van der Waals surface area (Å²) in [4.78, 5) is 11.9. The average Bonchev–Trinajstić information content (AvgIpc) is 2.74. The molecule has 31 heavy (non-hydrogen) atoms. The van der Waals surface area contributed by atoms with E-state index >= 15 is 0 Å². The van der Waals surface area contributed by atoms with Crippen LogP contribution in [0.2, 0.25) is 10.0 Å². The number of benzene rings is 3. The van der Waals surface area contributed by atoms with Gasteiger partial charge in [0.25, 0.3) is 5.91 Å². The van der Waals surface area contributed by atoms with Crippen LogP contribution in [-0.4, -0.2) is 18.7 Å². The molecule has 0 aliphatic carbocycles. The molecule has 3 rings (SSSR count). The maximum absolute atomic E-state index is 11.9. The van der Waals surface area contributed by atoms with E-state index in [-0.39, 0.29) is 12.5 Å². The summed E-state index contributed by atoms with van der Waals surface area (Å²) in [6.07, 6.45) is 1.53.